The van der Waals surface area contributed by atoms with E-state index in [-0.39, 0.29) is 12.4 Å². The van der Waals surface area contributed by atoms with Crippen LogP contribution in [-0.2, 0) is 13.0 Å². The van der Waals surface area contributed by atoms with Crippen molar-refractivity contribution in [3.8, 4) is 0 Å². The van der Waals surface area contributed by atoms with Crippen LogP contribution in [0.3, 0.4) is 0 Å². The van der Waals surface area contributed by atoms with Crippen molar-refractivity contribution < 1.29 is 0 Å². The van der Waals surface area contributed by atoms with Crippen LogP contribution in [0.15, 0.2) is 6.20 Å². The fourth-order valence-corrected chi connectivity index (χ4v) is 2.79. The van der Waals surface area contributed by atoms with Crippen LogP contribution in [0.25, 0.3) is 0 Å². The molecule has 0 aliphatic carbocycles. The molecule has 1 fully saturated rings. The monoisotopic (exact) mass is 261 g/mol. The van der Waals surface area contributed by atoms with E-state index in [1.807, 2.05) is 17.5 Å². The number of hydrogen-bond donors (Lipinski definition) is 1. The second-order valence-electron chi connectivity index (χ2n) is 4.10. The number of rotatable bonds is 3. The van der Waals surface area contributed by atoms with E-state index in [0.717, 1.165) is 32.6 Å². The van der Waals surface area contributed by atoms with Gasteiger partial charge in [-0.05, 0) is 13.3 Å². The average Bonchev–Trinajstić information content (AvgIpc) is 2.69. The van der Waals surface area contributed by atoms with Gasteiger partial charge in [-0.25, -0.2) is 4.98 Å². The Morgan fingerprint density at radius 3 is 3.06 bits per heavy atom. The van der Waals surface area contributed by atoms with Crippen molar-refractivity contribution in [1.29, 1.82) is 0 Å². The summed E-state index contributed by atoms with van der Waals surface area (Å²) in [6.07, 6.45) is 3.10. The van der Waals surface area contributed by atoms with E-state index in [1.165, 1.54) is 9.88 Å². The van der Waals surface area contributed by atoms with Gasteiger partial charge in [0.1, 0.15) is 0 Å². The fraction of sp³-hybridized carbons (Fsp3) is 0.727. The molecule has 0 radical (unpaired) electrons. The summed E-state index contributed by atoms with van der Waals surface area (Å²) in [5.74, 6) is 0. The normalized spacial score (nSPS) is 21.8. The molecule has 2 heterocycles. The average molecular weight is 262 g/mol. The third-order valence-corrected chi connectivity index (χ3v) is 4.03. The van der Waals surface area contributed by atoms with Crippen LogP contribution in [0.4, 0.5) is 0 Å². The van der Waals surface area contributed by atoms with Gasteiger partial charge in [0.25, 0.3) is 0 Å². The second-order valence-corrected chi connectivity index (χ2v) is 5.30. The standard InChI is InChI=1S/C11H19N3S.ClH/c1-3-11-13-7-10(15-11)8-14-5-4-12-6-9(14)2;/h7,9,12H,3-6,8H2,1-2H3;1H. The summed E-state index contributed by atoms with van der Waals surface area (Å²) in [6, 6.07) is 0.644. The highest BCUT2D eigenvalue weighted by Crippen LogP contribution is 2.17. The van der Waals surface area contributed by atoms with Gasteiger partial charge in [0, 0.05) is 43.3 Å². The van der Waals surface area contributed by atoms with Crippen molar-refractivity contribution >= 4 is 23.7 Å². The lowest BCUT2D eigenvalue weighted by atomic mass is 10.2. The lowest BCUT2D eigenvalue weighted by Crippen LogP contribution is -2.49. The molecule has 0 aromatic carbocycles. The Morgan fingerprint density at radius 1 is 1.62 bits per heavy atom. The Kier molecular flexibility index (Phi) is 5.69. The molecule has 0 spiro atoms. The molecular weight excluding hydrogens is 242 g/mol. The number of thiazole rings is 1. The first kappa shape index (κ1) is 13.9. The predicted molar refractivity (Wildman–Crippen MR) is 71.5 cm³/mol. The minimum absolute atomic E-state index is 0. The third-order valence-electron chi connectivity index (χ3n) is 2.90. The number of halogens is 1. The zero-order valence-corrected chi connectivity index (χ0v) is 11.5. The van der Waals surface area contributed by atoms with Crippen molar-refractivity contribution in [3.63, 3.8) is 0 Å². The molecule has 1 aromatic heterocycles. The molecule has 0 saturated carbocycles. The van der Waals surface area contributed by atoms with Gasteiger partial charge >= 0.3 is 0 Å². The number of aromatic nitrogens is 1. The maximum atomic E-state index is 4.40. The molecule has 92 valence electrons. The van der Waals surface area contributed by atoms with E-state index in [2.05, 4.69) is 29.0 Å². The number of nitrogens with zero attached hydrogens (tertiary/aromatic N) is 2. The van der Waals surface area contributed by atoms with Crippen molar-refractivity contribution in [2.24, 2.45) is 0 Å². The Labute approximate surface area is 108 Å². The van der Waals surface area contributed by atoms with Gasteiger partial charge in [0.05, 0.1) is 5.01 Å². The van der Waals surface area contributed by atoms with E-state index >= 15 is 0 Å². The van der Waals surface area contributed by atoms with Gasteiger partial charge in [0.15, 0.2) is 0 Å². The topological polar surface area (TPSA) is 28.2 Å². The molecule has 0 amide bonds. The van der Waals surface area contributed by atoms with Crippen LogP contribution < -0.4 is 5.32 Å². The van der Waals surface area contributed by atoms with Gasteiger partial charge in [0.2, 0.25) is 0 Å². The van der Waals surface area contributed by atoms with Crippen LogP contribution in [0.1, 0.15) is 23.7 Å². The molecule has 1 saturated heterocycles. The molecule has 0 bridgehead atoms. The summed E-state index contributed by atoms with van der Waals surface area (Å²) >= 11 is 1.86. The largest absolute Gasteiger partial charge is 0.314 e. The van der Waals surface area contributed by atoms with Gasteiger partial charge in [-0.3, -0.25) is 4.90 Å². The van der Waals surface area contributed by atoms with Gasteiger partial charge in [-0.15, -0.1) is 23.7 Å². The number of piperazine rings is 1. The van der Waals surface area contributed by atoms with E-state index in [4.69, 9.17) is 0 Å². The number of aryl methyl sites for hydroxylation is 1. The Morgan fingerprint density at radius 2 is 2.44 bits per heavy atom. The van der Waals surface area contributed by atoms with Crippen molar-refractivity contribution in [1.82, 2.24) is 15.2 Å². The zero-order valence-electron chi connectivity index (χ0n) is 9.90. The molecule has 1 aliphatic rings. The van der Waals surface area contributed by atoms with Crippen LogP contribution in [-0.4, -0.2) is 35.6 Å². The van der Waals surface area contributed by atoms with Crippen LogP contribution in [0, 0.1) is 0 Å². The van der Waals surface area contributed by atoms with E-state index in [1.54, 1.807) is 0 Å². The van der Waals surface area contributed by atoms with Crippen LogP contribution in [0.2, 0.25) is 0 Å². The summed E-state index contributed by atoms with van der Waals surface area (Å²) in [5, 5.41) is 4.67. The molecule has 2 rings (SSSR count). The maximum absolute atomic E-state index is 4.40. The first-order valence-corrected chi connectivity index (χ1v) is 6.49. The molecule has 1 N–H and O–H groups in total. The van der Waals surface area contributed by atoms with Crippen molar-refractivity contribution in [3.05, 3.63) is 16.1 Å². The van der Waals surface area contributed by atoms with Crippen LogP contribution in [0.5, 0.6) is 0 Å². The molecule has 1 atom stereocenters. The highest BCUT2D eigenvalue weighted by molar-refractivity contribution is 7.11. The maximum Gasteiger partial charge on any atom is 0.0925 e. The second kappa shape index (κ2) is 6.55. The smallest absolute Gasteiger partial charge is 0.0925 e. The molecule has 5 heteroatoms. The summed E-state index contributed by atoms with van der Waals surface area (Å²) < 4.78 is 0. The quantitative estimate of drug-likeness (QED) is 0.901. The molecule has 3 nitrogen and oxygen atoms in total. The van der Waals surface area contributed by atoms with E-state index in [0.29, 0.717) is 6.04 Å². The minimum Gasteiger partial charge on any atom is -0.314 e. The molecular formula is C11H20ClN3S. The zero-order chi connectivity index (χ0) is 10.7. The summed E-state index contributed by atoms with van der Waals surface area (Å²) in [6.45, 7) is 8.90. The Balaban J connectivity index is 0.00000128. The molecule has 16 heavy (non-hydrogen) atoms. The lowest BCUT2D eigenvalue weighted by Gasteiger charge is -2.33. The Hall–Kier alpha value is -0.160. The Bertz CT molecular complexity index is 316. The molecule has 1 aromatic rings. The summed E-state index contributed by atoms with van der Waals surface area (Å²) in [4.78, 5) is 8.34. The minimum atomic E-state index is 0. The lowest BCUT2D eigenvalue weighted by molar-refractivity contribution is 0.167. The van der Waals surface area contributed by atoms with Gasteiger partial charge in [-0.1, -0.05) is 6.92 Å². The van der Waals surface area contributed by atoms with Gasteiger partial charge in [-0.2, -0.15) is 0 Å². The molecule has 1 unspecified atom stereocenters. The predicted octanol–water partition coefficient (Wildman–Crippen LogP) is 1.92. The van der Waals surface area contributed by atoms with E-state index in [9.17, 15) is 0 Å². The SMILES string of the molecule is CCc1ncc(CN2CCNCC2C)s1.Cl. The molecule has 1 aliphatic heterocycles. The third kappa shape index (κ3) is 3.42. The number of hydrogen-bond acceptors (Lipinski definition) is 4. The van der Waals surface area contributed by atoms with Crippen molar-refractivity contribution in [2.45, 2.75) is 32.9 Å². The first-order valence-electron chi connectivity index (χ1n) is 5.68. The van der Waals surface area contributed by atoms with Gasteiger partial charge < -0.3 is 5.32 Å². The summed E-state index contributed by atoms with van der Waals surface area (Å²) in [7, 11) is 0. The number of nitrogens with one attached hydrogen (secondary N) is 1. The highest BCUT2D eigenvalue weighted by atomic mass is 35.5. The van der Waals surface area contributed by atoms with E-state index < -0.39 is 0 Å². The van der Waals surface area contributed by atoms with Crippen LogP contribution >= 0.6 is 23.7 Å². The summed E-state index contributed by atoms with van der Waals surface area (Å²) in [5.41, 5.74) is 0. The highest BCUT2D eigenvalue weighted by Gasteiger charge is 2.18. The first-order chi connectivity index (χ1) is 7.29. The van der Waals surface area contributed by atoms with Crippen molar-refractivity contribution in [2.75, 3.05) is 19.6 Å². The fourth-order valence-electron chi connectivity index (χ4n) is 1.90.